The standard InChI is InChI=1S/C20H24N6O/c1-13-16(14(2)25(3)24-13)6-7-18(27)26-10-8-17-19(23-12-22-17)20(26)15-5-4-9-21-11-15/h4-5,9,11-12,20H,6-8,10H2,1-3H3,(H,22,23)/t20-/m0/s1. The van der Waals surface area contributed by atoms with Crippen molar-refractivity contribution in [1.29, 1.82) is 0 Å². The molecule has 7 heteroatoms. The van der Waals surface area contributed by atoms with Crippen LogP contribution in [0, 0.1) is 13.8 Å². The number of carbonyl (C=O) groups excluding carboxylic acids is 1. The Hall–Kier alpha value is -2.96. The summed E-state index contributed by atoms with van der Waals surface area (Å²) in [5.41, 5.74) is 6.31. The fraction of sp³-hybridized carbons (Fsp3) is 0.400. The molecule has 0 aromatic carbocycles. The van der Waals surface area contributed by atoms with Crippen LogP contribution in [-0.2, 0) is 24.7 Å². The molecule has 0 bridgehead atoms. The smallest absolute Gasteiger partial charge is 0.223 e. The molecule has 140 valence electrons. The summed E-state index contributed by atoms with van der Waals surface area (Å²) < 4.78 is 1.88. The lowest BCUT2D eigenvalue weighted by molar-refractivity contribution is -0.133. The zero-order valence-corrected chi connectivity index (χ0v) is 15.9. The first-order valence-electron chi connectivity index (χ1n) is 9.27. The Morgan fingerprint density at radius 2 is 2.22 bits per heavy atom. The summed E-state index contributed by atoms with van der Waals surface area (Å²) in [5.74, 6) is 0.139. The number of fused-ring (bicyclic) bond motifs is 1. The zero-order valence-electron chi connectivity index (χ0n) is 15.9. The van der Waals surface area contributed by atoms with Gasteiger partial charge in [0, 0.05) is 50.2 Å². The molecule has 4 heterocycles. The predicted octanol–water partition coefficient (Wildman–Crippen LogP) is 2.26. The van der Waals surface area contributed by atoms with Crippen molar-refractivity contribution in [2.45, 2.75) is 39.2 Å². The molecule has 1 atom stereocenters. The third-order valence-electron chi connectivity index (χ3n) is 5.49. The van der Waals surface area contributed by atoms with Crippen LogP contribution in [0.3, 0.4) is 0 Å². The number of aromatic nitrogens is 5. The van der Waals surface area contributed by atoms with Crippen LogP contribution in [0.2, 0.25) is 0 Å². The van der Waals surface area contributed by atoms with Crippen LogP contribution in [-0.4, -0.2) is 42.1 Å². The van der Waals surface area contributed by atoms with Crippen molar-refractivity contribution >= 4 is 5.91 Å². The number of imidazole rings is 1. The molecule has 0 radical (unpaired) electrons. The minimum atomic E-state index is -0.183. The predicted molar refractivity (Wildman–Crippen MR) is 101 cm³/mol. The molecule has 3 aromatic heterocycles. The number of pyridine rings is 1. The summed E-state index contributed by atoms with van der Waals surface area (Å²) in [5, 5.41) is 4.46. The third-order valence-corrected chi connectivity index (χ3v) is 5.49. The number of carbonyl (C=O) groups is 1. The summed E-state index contributed by atoms with van der Waals surface area (Å²) >= 11 is 0. The first-order valence-corrected chi connectivity index (χ1v) is 9.27. The Morgan fingerprint density at radius 1 is 1.37 bits per heavy atom. The number of rotatable bonds is 4. The minimum absolute atomic E-state index is 0.139. The first kappa shape index (κ1) is 17.5. The highest BCUT2D eigenvalue weighted by Gasteiger charge is 2.34. The molecule has 27 heavy (non-hydrogen) atoms. The van der Waals surface area contributed by atoms with Gasteiger partial charge in [-0.2, -0.15) is 5.10 Å². The number of H-pyrrole nitrogens is 1. The first-order chi connectivity index (χ1) is 13.1. The van der Waals surface area contributed by atoms with Crippen molar-refractivity contribution in [3.05, 3.63) is 64.8 Å². The van der Waals surface area contributed by atoms with Gasteiger partial charge in [-0.15, -0.1) is 0 Å². The monoisotopic (exact) mass is 364 g/mol. The molecule has 3 aromatic rings. The molecule has 0 saturated carbocycles. The van der Waals surface area contributed by atoms with Gasteiger partial charge in [0.05, 0.1) is 17.7 Å². The van der Waals surface area contributed by atoms with Crippen molar-refractivity contribution in [3.8, 4) is 0 Å². The van der Waals surface area contributed by atoms with Gasteiger partial charge in [-0.05, 0) is 37.5 Å². The maximum absolute atomic E-state index is 13.2. The summed E-state index contributed by atoms with van der Waals surface area (Å²) in [4.78, 5) is 27.1. The van der Waals surface area contributed by atoms with E-state index in [2.05, 4.69) is 27.0 Å². The molecule has 1 amide bonds. The number of amides is 1. The van der Waals surface area contributed by atoms with Crippen molar-refractivity contribution in [1.82, 2.24) is 29.6 Å². The molecule has 1 aliphatic heterocycles. The Bertz CT molecular complexity index is 958. The van der Waals surface area contributed by atoms with E-state index in [0.717, 1.165) is 34.8 Å². The van der Waals surface area contributed by atoms with Gasteiger partial charge < -0.3 is 9.88 Å². The van der Waals surface area contributed by atoms with Crippen molar-refractivity contribution in [2.75, 3.05) is 6.54 Å². The van der Waals surface area contributed by atoms with Crippen molar-refractivity contribution in [2.24, 2.45) is 7.05 Å². The van der Waals surface area contributed by atoms with Crippen LogP contribution >= 0.6 is 0 Å². The fourth-order valence-corrected chi connectivity index (χ4v) is 3.98. The topological polar surface area (TPSA) is 79.7 Å². The maximum Gasteiger partial charge on any atom is 0.223 e. The van der Waals surface area contributed by atoms with Gasteiger partial charge in [-0.25, -0.2) is 4.98 Å². The average molecular weight is 364 g/mol. The maximum atomic E-state index is 13.2. The van der Waals surface area contributed by atoms with Gasteiger partial charge in [0.25, 0.3) is 0 Å². The molecule has 0 saturated heterocycles. The molecule has 0 fully saturated rings. The highest BCUT2D eigenvalue weighted by Crippen LogP contribution is 2.33. The molecule has 1 N–H and O–H groups in total. The van der Waals surface area contributed by atoms with Gasteiger partial charge in [-0.3, -0.25) is 14.5 Å². The largest absolute Gasteiger partial charge is 0.348 e. The lowest BCUT2D eigenvalue weighted by Crippen LogP contribution is -2.41. The summed E-state index contributed by atoms with van der Waals surface area (Å²) in [6.07, 6.45) is 7.24. The molecule has 0 aliphatic carbocycles. The molecule has 0 unspecified atom stereocenters. The second kappa shape index (κ2) is 6.98. The summed E-state index contributed by atoms with van der Waals surface area (Å²) in [6.45, 7) is 4.73. The Balaban J connectivity index is 1.59. The van der Waals surface area contributed by atoms with Crippen molar-refractivity contribution < 1.29 is 4.79 Å². The van der Waals surface area contributed by atoms with E-state index in [1.54, 1.807) is 12.5 Å². The number of aryl methyl sites for hydroxylation is 2. The molecular weight excluding hydrogens is 340 g/mol. The lowest BCUT2D eigenvalue weighted by atomic mass is 9.96. The third kappa shape index (κ3) is 3.13. The van der Waals surface area contributed by atoms with E-state index >= 15 is 0 Å². The van der Waals surface area contributed by atoms with Crippen molar-refractivity contribution in [3.63, 3.8) is 0 Å². The molecule has 7 nitrogen and oxygen atoms in total. The van der Waals surface area contributed by atoms with Gasteiger partial charge in [0.15, 0.2) is 0 Å². The van der Waals surface area contributed by atoms with Crippen LogP contribution in [0.25, 0.3) is 0 Å². The Kier molecular flexibility index (Phi) is 4.51. The highest BCUT2D eigenvalue weighted by molar-refractivity contribution is 5.78. The molecule has 4 rings (SSSR count). The zero-order chi connectivity index (χ0) is 19.0. The molecule has 1 aliphatic rings. The molecule has 0 spiro atoms. The lowest BCUT2D eigenvalue weighted by Gasteiger charge is -2.35. The van der Waals surface area contributed by atoms with Crippen LogP contribution in [0.15, 0.2) is 30.9 Å². The number of hydrogen-bond acceptors (Lipinski definition) is 4. The SMILES string of the molecule is Cc1nn(C)c(C)c1CCC(=O)N1CCc2[nH]cnc2[C@@H]1c1cccnc1. The Morgan fingerprint density at radius 3 is 2.93 bits per heavy atom. The minimum Gasteiger partial charge on any atom is -0.348 e. The second-order valence-corrected chi connectivity index (χ2v) is 7.07. The highest BCUT2D eigenvalue weighted by atomic mass is 16.2. The van der Waals surface area contributed by atoms with Crippen LogP contribution in [0.1, 0.15) is 46.4 Å². The van der Waals surface area contributed by atoms with E-state index in [-0.39, 0.29) is 11.9 Å². The van der Waals surface area contributed by atoms with E-state index in [9.17, 15) is 4.79 Å². The van der Waals surface area contributed by atoms with Gasteiger partial charge >= 0.3 is 0 Å². The quantitative estimate of drug-likeness (QED) is 0.770. The van der Waals surface area contributed by atoms with E-state index < -0.39 is 0 Å². The molecular formula is C20H24N6O. The van der Waals surface area contributed by atoms with E-state index in [1.807, 2.05) is 41.9 Å². The summed E-state index contributed by atoms with van der Waals surface area (Å²) in [6, 6.07) is 3.73. The fourth-order valence-electron chi connectivity index (χ4n) is 3.98. The van der Waals surface area contributed by atoms with Crippen LogP contribution in [0.5, 0.6) is 0 Å². The van der Waals surface area contributed by atoms with Gasteiger partial charge in [0.1, 0.15) is 6.04 Å². The summed E-state index contributed by atoms with van der Waals surface area (Å²) in [7, 11) is 1.94. The number of nitrogens with one attached hydrogen (secondary N) is 1. The van der Waals surface area contributed by atoms with Crippen LogP contribution < -0.4 is 0 Å². The van der Waals surface area contributed by atoms with Gasteiger partial charge in [-0.1, -0.05) is 6.07 Å². The number of hydrogen-bond donors (Lipinski definition) is 1. The van der Waals surface area contributed by atoms with Gasteiger partial charge in [0.2, 0.25) is 5.91 Å². The number of aromatic amines is 1. The number of nitrogens with zero attached hydrogens (tertiary/aromatic N) is 5. The second-order valence-electron chi connectivity index (χ2n) is 7.07. The normalized spacial score (nSPS) is 16.4. The van der Waals surface area contributed by atoms with E-state index in [1.165, 1.54) is 5.56 Å². The van der Waals surface area contributed by atoms with E-state index in [4.69, 9.17) is 0 Å². The van der Waals surface area contributed by atoms with E-state index in [0.29, 0.717) is 19.4 Å². The van der Waals surface area contributed by atoms with Crippen LogP contribution in [0.4, 0.5) is 0 Å². The average Bonchev–Trinajstić information content (AvgIpc) is 3.24. The Labute approximate surface area is 158 Å².